The Hall–Kier alpha value is -4.60. The lowest BCUT2D eigenvalue weighted by Crippen LogP contribution is -2.45. The van der Waals surface area contributed by atoms with E-state index >= 15 is 0 Å². The number of nitriles is 2. The minimum Gasteiger partial charge on any atom is -0.484 e. The van der Waals surface area contributed by atoms with Gasteiger partial charge in [0.05, 0.1) is 6.33 Å². The smallest absolute Gasteiger partial charge is 0.292 e. The molecule has 2 heterocycles. The van der Waals surface area contributed by atoms with Crippen molar-refractivity contribution in [2.45, 2.75) is 31.9 Å². The third-order valence-corrected chi connectivity index (χ3v) is 5.32. The van der Waals surface area contributed by atoms with Gasteiger partial charge in [0.25, 0.3) is 5.91 Å². The maximum atomic E-state index is 12.8. The fourth-order valence-corrected chi connectivity index (χ4v) is 3.58. The molecule has 1 unspecified atom stereocenters. The van der Waals surface area contributed by atoms with Gasteiger partial charge in [-0.1, -0.05) is 60.7 Å². The first-order valence-electron chi connectivity index (χ1n) is 10.5. The van der Waals surface area contributed by atoms with Crippen LogP contribution < -0.4 is 5.32 Å². The number of carbonyl (C=O) groups excluding carboxylic acids is 1. The maximum absolute atomic E-state index is 12.8. The standard InChI is InChI=1S/C25H21N5O4/c26-13-20-21(14-27)30(17-28-20)12-11-25(32)23(34-16-19-9-5-2-6-10-19)22(24(31)29-25)33-15-18-7-3-1-4-8-18/h1-10,17,32H,11-12,15-16H2,(H,29,31). The average Bonchev–Trinajstić information content (AvgIpc) is 3.38. The normalized spacial score (nSPS) is 17.1. The molecule has 4 rings (SSSR count). The molecule has 1 aromatic heterocycles. The van der Waals surface area contributed by atoms with Gasteiger partial charge >= 0.3 is 0 Å². The molecule has 0 saturated heterocycles. The number of imidazole rings is 1. The summed E-state index contributed by atoms with van der Waals surface area (Å²) >= 11 is 0. The first-order valence-corrected chi connectivity index (χ1v) is 10.5. The number of aromatic nitrogens is 2. The van der Waals surface area contributed by atoms with Gasteiger partial charge < -0.3 is 24.5 Å². The molecule has 0 spiro atoms. The van der Waals surface area contributed by atoms with Crippen LogP contribution in [0.2, 0.25) is 0 Å². The van der Waals surface area contributed by atoms with E-state index in [1.54, 1.807) is 0 Å². The van der Waals surface area contributed by atoms with Crippen molar-refractivity contribution in [1.29, 1.82) is 10.5 Å². The number of benzene rings is 2. The van der Waals surface area contributed by atoms with E-state index in [0.717, 1.165) is 11.1 Å². The molecule has 3 aromatic rings. The van der Waals surface area contributed by atoms with Gasteiger partial charge in [0.2, 0.25) is 11.5 Å². The van der Waals surface area contributed by atoms with E-state index in [2.05, 4.69) is 10.3 Å². The van der Waals surface area contributed by atoms with Crippen LogP contribution in [0.15, 0.2) is 78.5 Å². The zero-order valence-corrected chi connectivity index (χ0v) is 18.1. The highest BCUT2D eigenvalue weighted by Crippen LogP contribution is 2.32. The number of nitrogens with zero attached hydrogens (tertiary/aromatic N) is 4. The first kappa shape index (κ1) is 22.6. The number of amides is 1. The number of aliphatic hydroxyl groups is 1. The Morgan fingerprint density at radius 2 is 1.59 bits per heavy atom. The molecule has 0 aliphatic carbocycles. The number of aryl methyl sites for hydroxylation is 1. The Kier molecular flexibility index (Phi) is 6.58. The second-order valence-electron chi connectivity index (χ2n) is 7.63. The van der Waals surface area contributed by atoms with Crippen molar-refractivity contribution in [3.05, 3.63) is 101 Å². The molecular formula is C25H21N5O4. The van der Waals surface area contributed by atoms with Crippen LogP contribution in [0.25, 0.3) is 0 Å². The molecular weight excluding hydrogens is 434 g/mol. The van der Waals surface area contributed by atoms with Crippen LogP contribution in [0, 0.1) is 22.7 Å². The molecule has 9 heteroatoms. The topological polar surface area (TPSA) is 133 Å². The number of nitrogens with one attached hydrogen (secondary N) is 1. The van der Waals surface area contributed by atoms with Gasteiger partial charge in [-0.15, -0.1) is 0 Å². The number of hydrogen-bond donors (Lipinski definition) is 2. The van der Waals surface area contributed by atoms with Gasteiger partial charge in [-0.3, -0.25) is 4.79 Å². The van der Waals surface area contributed by atoms with Crippen molar-refractivity contribution in [2.75, 3.05) is 0 Å². The minimum atomic E-state index is -1.87. The monoisotopic (exact) mass is 455 g/mol. The Morgan fingerprint density at radius 3 is 2.18 bits per heavy atom. The Morgan fingerprint density at radius 1 is 0.971 bits per heavy atom. The average molecular weight is 455 g/mol. The fraction of sp³-hybridized carbons (Fsp3) is 0.200. The van der Waals surface area contributed by atoms with E-state index in [1.165, 1.54) is 10.9 Å². The second kappa shape index (κ2) is 9.90. The summed E-state index contributed by atoms with van der Waals surface area (Å²) in [5.74, 6) is -0.743. The molecule has 34 heavy (non-hydrogen) atoms. The molecule has 2 aromatic carbocycles. The first-order chi connectivity index (χ1) is 16.5. The third-order valence-electron chi connectivity index (χ3n) is 5.32. The summed E-state index contributed by atoms with van der Waals surface area (Å²) in [6.45, 7) is 0.320. The van der Waals surface area contributed by atoms with Crippen LogP contribution in [-0.4, -0.2) is 26.3 Å². The summed E-state index contributed by atoms with van der Waals surface area (Å²) in [6, 6.07) is 22.4. The van der Waals surface area contributed by atoms with Crippen LogP contribution in [0.1, 0.15) is 28.9 Å². The second-order valence-corrected chi connectivity index (χ2v) is 7.63. The quantitative estimate of drug-likeness (QED) is 0.506. The van der Waals surface area contributed by atoms with Gasteiger partial charge in [-0.05, 0) is 11.1 Å². The SMILES string of the molecule is N#Cc1ncn(CCC2(O)NC(=O)C(OCc3ccccc3)=C2OCc2ccccc2)c1C#N. The molecule has 0 saturated carbocycles. The van der Waals surface area contributed by atoms with Gasteiger partial charge in [0, 0.05) is 13.0 Å². The number of rotatable bonds is 9. The zero-order chi connectivity index (χ0) is 24.0. The number of ether oxygens (including phenoxy) is 2. The maximum Gasteiger partial charge on any atom is 0.292 e. The molecule has 9 nitrogen and oxygen atoms in total. The van der Waals surface area contributed by atoms with Crippen molar-refractivity contribution in [2.24, 2.45) is 0 Å². The highest BCUT2D eigenvalue weighted by Gasteiger charge is 2.47. The molecule has 0 bridgehead atoms. The molecule has 1 aliphatic heterocycles. The van der Waals surface area contributed by atoms with E-state index in [-0.39, 0.29) is 49.1 Å². The number of hydrogen-bond acceptors (Lipinski definition) is 7. The lowest BCUT2D eigenvalue weighted by molar-refractivity contribution is -0.124. The third kappa shape index (κ3) is 4.75. The Balaban J connectivity index is 1.59. The largest absolute Gasteiger partial charge is 0.484 e. The predicted octanol–water partition coefficient (Wildman–Crippen LogP) is 2.48. The highest BCUT2D eigenvalue weighted by atomic mass is 16.5. The summed E-state index contributed by atoms with van der Waals surface area (Å²) in [6.07, 6.45) is 1.30. The molecule has 1 atom stereocenters. The summed E-state index contributed by atoms with van der Waals surface area (Å²) < 4.78 is 13.2. The van der Waals surface area contributed by atoms with E-state index < -0.39 is 11.6 Å². The predicted molar refractivity (Wildman–Crippen MR) is 119 cm³/mol. The molecule has 1 amide bonds. The van der Waals surface area contributed by atoms with Gasteiger partial charge in [-0.25, -0.2) is 4.98 Å². The van der Waals surface area contributed by atoms with Crippen molar-refractivity contribution >= 4 is 5.91 Å². The van der Waals surface area contributed by atoms with Crippen molar-refractivity contribution in [3.63, 3.8) is 0 Å². The summed E-state index contributed by atoms with van der Waals surface area (Å²) in [4.78, 5) is 16.7. The lowest BCUT2D eigenvalue weighted by Gasteiger charge is -2.26. The molecule has 0 fully saturated rings. The van der Waals surface area contributed by atoms with Crippen LogP contribution in [0.3, 0.4) is 0 Å². The summed E-state index contributed by atoms with van der Waals surface area (Å²) in [7, 11) is 0. The fourth-order valence-electron chi connectivity index (χ4n) is 3.58. The van der Waals surface area contributed by atoms with E-state index in [9.17, 15) is 15.2 Å². The summed E-state index contributed by atoms with van der Waals surface area (Å²) in [5, 5.41) is 32.4. The van der Waals surface area contributed by atoms with Gasteiger partial charge in [-0.2, -0.15) is 10.5 Å². The van der Waals surface area contributed by atoms with Crippen LogP contribution in [0.5, 0.6) is 0 Å². The lowest BCUT2D eigenvalue weighted by atomic mass is 10.1. The molecule has 170 valence electrons. The molecule has 0 radical (unpaired) electrons. The van der Waals surface area contributed by atoms with E-state index in [0.29, 0.717) is 0 Å². The van der Waals surface area contributed by atoms with Crippen LogP contribution in [-0.2, 0) is 34.0 Å². The Labute approximate surface area is 196 Å². The van der Waals surface area contributed by atoms with Crippen molar-refractivity contribution in [1.82, 2.24) is 14.9 Å². The molecule has 1 aliphatic rings. The van der Waals surface area contributed by atoms with Crippen LogP contribution in [0.4, 0.5) is 0 Å². The number of carbonyl (C=O) groups is 1. The minimum absolute atomic E-state index is 0.00655. The van der Waals surface area contributed by atoms with Gasteiger partial charge in [0.15, 0.2) is 17.1 Å². The van der Waals surface area contributed by atoms with Crippen molar-refractivity contribution < 1.29 is 19.4 Å². The van der Waals surface area contributed by atoms with Crippen LogP contribution >= 0.6 is 0 Å². The van der Waals surface area contributed by atoms with E-state index in [4.69, 9.17) is 14.7 Å². The molecule has 2 N–H and O–H groups in total. The summed E-state index contributed by atoms with van der Waals surface area (Å²) in [5.41, 5.74) is -0.109. The zero-order valence-electron chi connectivity index (χ0n) is 18.1. The highest BCUT2D eigenvalue weighted by molar-refractivity contribution is 5.95. The van der Waals surface area contributed by atoms with Crippen molar-refractivity contribution in [3.8, 4) is 12.1 Å². The van der Waals surface area contributed by atoms with Gasteiger partial charge in [0.1, 0.15) is 25.4 Å². The van der Waals surface area contributed by atoms with E-state index in [1.807, 2.05) is 72.8 Å². The Bertz CT molecular complexity index is 1290.